The molecule has 2 aliphatic rings. The number of carbonyl (C=O) groups excluding carboxylic acids is 2. The number of nitrogens with zero attached hydrogens (tertiary/aromatic N) is 2. The average molecular weight is 296 g/mol. The van der Waals surface area contributed by atoms with E-state index in [-0.39, 0.29) is 23.7 Å². The number of amides is 2. The number of fused-ring (bicyclic) bond motifs is 1. The lowest BCUT2D eigenvalue weighted by molar-refractivity contribution is -0.134. The van der Waals surface area contributed by atoms with Gasteiger partial charge < -0.3 is 9.80 Å². The molecule has 0 N–H and O–H groups in total. The first-order valence-corrected chi connectivity index (χ1v) is 8.31. The molecule has 1 aromatic heterocycles. The summed E-state index contributed by atoms with van der Waals surface area (Å²) >= 11 is 3.07. The number of rotatable bonds is 2. The molecule has 1 aromatic rings. The van der Waals surface area contributed by atoms with E-state index < -0.39 is 0 Å². The molecule has 0 saturated carbocycles. The Morgan fingerprint density at radius 1 is 1.47 bits per heavy atom. The van der Waals surface area contributed by atoms with Crippen molar-refractivity contribution in [2.75, 3.05) is 25.4 Å². The lowest BCUT2D eigenvalue weighted by Crippen LogP contribution is -2.44. The maximum absolute atomic E-state index is 12.4. The van der Waals surface area contributed by atoms with E-state index >= 15 is 0 Å². The topological polar surface area (TPSA) is 40.6 Å². The van der Waals surface area contributed by atoms with Crippen molar-refractivity contribution in [3.05, 3.63) is 21.9 Å². The Morgan fingerprint density at radius 2 is 2.32 bits per heavy atom. The molecule has 1 fully saturated rings. The Labute approximate surface area is 120 Å². The van der Waals surface area contributed by atoms with Crippen LogP contribution in [-0.4, -0.2) is 46.3 Å². The number of carbonyl (C=O) groups is 2. The predicted molar refractivity (Wildman–Crippen MR) is 77.6 cm³/mol. The van der Waals surface area contributed by atoms with Crippen LogP contribution in [-0.2, 0) is 11.2 Å². The van der Waals surface area contributed by atoms with Gasteiger partial charge >= 0.3 is 0 Å². The molecule has 2 aliphatic heterocycles. The van der Waals surface area contributed by atoms with Crippen LogP contribution in [0, 0.1) is 0 Å². The smallest absolute Gasteiger partial charge is 0.282 e. The van der Waals surface area contributed by atoms with Gasteiger partial charge in [0, 0.05) is 23.7 Å². The molecular formula is C13H16N2O2S2. The highest BCUT2D eigenvalue weighted by Crippen LogP contribution is 2.33. The van der Waals surface area contributed by atoms with Gasteiger partial charge in [-0.15, -0.1) is 11.3 Å². The first kappa shape index (κ1) is 13.0. The van der Waals surface area contributed by atoms with Gasteiger partial charge in [0.05, 0.1) is 6.04 Å². The van der Waals surface area contributed by atoms with Gasteiger partial charge in [-0.25, -0.2) is 0 Å². The molecule has 0 unspecified atom stereocenters. The fourth-order valence-corrected chi connectivity index (χ4v) is 4.46. The maximum atomic E-state index is 12.4. The molecule has 0 spiro atoms. The van der Waals surface area contributed by atoms with Crippen molar-refractivity contribution < 1.29 is 9.59 Å². The van der Waals surface area contributed by atoms with Gasteiger partial charge in [-0.1, -0.05) is 11.8 Å². The van der Waals surface area contributed by atoms with Crippen molar-refractivity contribution in [2.24, 2.45) is 0 Å². The minimum Gasteiger partial charge on any atom is -0.334 e. The molecule has 6 heteroatoms. The van der Waals surface area contributed by atoms with Crippen LogP contribution in [0.4, 0.5) is 4.79 Å². The summed E-state index contributed by atoms with van der Waals surface area (Å²) in [5.74, 6) is 0.872. The molecule has 0 radical (unpaired) electrons. The van der Waals surface area contributed by atoms with Crippen molar-refractivity contribution in [3.8, 4) is 0 Å². The lowest BCUT2D eigenvalue weighted by atomic mass is 10.0. The highest BCUT2D eigenvalue weighted by Gasteiger charge is 2.31. The van der Waals surface area contributed by atoms with Crippen LogP contribution in [0.2, 0.25) is 0 Å². The Morgan fingerprint density at radius 3 is 3.05 bits per heavy atom. The fourth-order valence-electron chi connectivity index (χ4n) is 2.67. The number of thiophene rings is 1. The van der Waals surface area contributed by atoms with Crippen LogP contribution < -0.4 is 0 Å². The van der Waals surface area contributed by atoms with E-state index in [0.29, 0.717) is 6.54 Å². The van der Waals surface area contributed by atoms with Crippen LogP contribution in [0.25, 0.3) is 0 Å². The zero-order valence-corrected chi connectivity index (χ0v) is 12.4. The van der Waals surface area contributed by atoms with Gasteiger partial charge in [0.15, 0.2) is 0 Å². The molecule has 4 nitrogen and oxygen atoms in total. The summed E-state index contributed by atoms with van der Waals surface area (Å²) in [6.45, 7) is 3.77. The molecule has 0 aromatic carbocycles. The molecule has 19 heavy (non-hydrogen) atoms. The molecule has 3 rings (SSSR count). The Kier molecular flexibility index (Phi) is 3.54. The van der Waals surface area contributed by atoms with E-state index in [1.807, 2.05) is 4.90 Å². The van der Waals surface area contributed by atoms with Gasteiger partial charge in [0.1, 0.15) is 6.54 Å². The Balaban J connectivity index is 1.69. The third-order valence-electron chi connectivity index (χ3n) is 3.77. The van der Waals surface area contributed by atoms with Crippen LogP contribution >= 0.6 is 23.1 Å². The molecule has 3 heterocycles. The minimum atomic E-state index is 0.0363. The normalized spacial score (nSPS) is 22.8. The van der Waals surface area contributed by atoms with E-state index in [2.05, 4.69) is 18.4 Å². The molecule has 1 atom stereocenters. The number of thioether (sulfide) groups is 1. The van der Waals surface area contributed by atoms with E-state index in [1.54, 1.807) is 16.2 Å². The monoisotopic (exact) mass is 296 g/mol. The highest BCUT2D eigenvalue weighted by molar-refractivity contribution is 8.13. The second-order valence-electron chi connectivity index (χ2n) is 4.85. The first-order valence-electron chi connectivity index (χ1n) is 6.44. The largest absolute Gasteiger partial charge is 0.334 e. The number of hydrogen-bond donors (Lipinski definition) is 0. The van der Waals surface area contributed by atoms with Crippen molar-refractivity contribution in [3.63, 3.8) is 0 Å². The molecule has 1 saturated heterocycles. The first-order chi connectivity index (χ1) is 9.16. The molecule has 0 bridgehead atoms. The summed E-state index contributed by atoms with van der Waals surface area (Å²) in [5.41, 5.74) is 1.27. The lowest BCUT2D eigenvalue weighted by Gasteiger charge is -2.34. The standard InChI is InChI=1S/C13H16N2O2S2/c1-9-10-3-6-18-11(10)2-4-15(9)12(16)8-14-5-7-19-13(14)17/h3,6,9H,2,4-5,7-8H2,1H3/t9-/m0/s1. The Bertz CT molecular complexity index is 514. The van der Waals surface area contributed by atoms with Gasteiger partial charge in [0.2, 0.25) is 5.91 Å². The van der Waals surface area contributed by atoms with Crippen LogP contribution in [0.1, 0.15) is 23.4 Å². The summed E-state index contributed by atoms with van der Waals surface area (Å²) in [7, 11) is 0. The second-order valence-corrected chi connectivity index (χ2v) is 6.89. The van der Waals surface area contributed by atoms with Crippen molar-refractivity contribution in [1.29, 1.82) is 0 Å². The Hall–Kier alpha value is -1.01. The summed E-state index contributed by atoms with van der Waals surface area (Å²) in [6, 6.07) is 2.24. The third kappa shape index (κ3) is 2.39. The summed E-state index contributed by atoms with van der Waals surface area (Å²) in [4.78, 5) is 28.9. The second kappa shape index (κ2) is 5.17. The van der Waals surface area contributed by atoms with Crippen LogP contribution in [0.15, 0.2) is 11.4 Å². The van der Waals surface area contributed by atoms with Crippen LogP contribution in [0.3, 0.4) is 0 Å². The summed E-state index contributed by atoms with van der Waals surface area (Å²) < 4.78 is 0. The van der Waals surface area contributed by atoms with Crippen LogP contribution in [0.5, 0.6) is 0 Å². The maximum Gasteiger partial charge on any atom is 0.282 e. The zero-order valence-electron chi connectivity index (χ0n) is 10.8. The predicted octanol–water partition coefficient (Wildman–Crippen LogP) is 2.36. The third-order valence-corrected chi connectivity index (χ3v) is 5.66. The van der Waals surface area contributed by atoms with Gasteiger partial charge in [-0.3, -0.25) is 9.59 Å². The van der Waals surface area contributed by atoms with E-state index in [1.165, 1.54) is 22.2 Å². The van der Waals surface area contributed by atoms with E-state index in [9.17, 15) is 9.59 Å². The molecular weight excluding hydrogens is 280 g/mol. The summed E-state index contributed by atoms with van der Waals surface area (Å²) in [6.07, 6.45) is 0.936. The average Bonchev–Trinajstić information content (AvgIpc) is 3.00. The number of hydrogen-bond acceptors (Lipinski definition) is 4. The SMILES string of the molecule is C[C@H]1c2ccsc2CCN1C(=O)CN1CCSC1=O. The fraction of sp³-hybridized carbons (Fsp3) is 0.538. The molecule has 0 aliphatic carbocycles. The van der Waals surface area contributed by atoms with Crippen molar-refractivity contribution in [2.45, 2.75) is 19.4 Å². The zero-order chi connectivity index (χ0) is 13.4. The van der Waals surface area contributed by atoms with Gasteiger partial charge in [-0.2, -0.15) is 0 Å². The quantitative estimate of drug-likeness (QED) is 0.841. The van der Waals surface area contributed by atoms with E-state index in [0.717, 1.165) is 18.7 Å². The van der Waals surface area contributed by atoms with Gasteiger partial charge in [0.25, 0.3) is 5.24 Å². The molecule has 102 valence electrons. The van der Waals surface area contributed by atoms with E-state index in [4.69, 9.17) is 0 Å². The highest BCUT2D eigenvalue weighted by atomic mass is 32.2. The summed E-state index contributed by atoms with van der Waals surface area (Å²) in [5, 5.41) is 2.13. The van der Waals surface area contributed by atoms with Gasteiger partial charge in [-0.05, 0) is 30.4 Å². The minimum absolute atomic E-state index is 0.0363. The molecule has 2 amide bonds. The van der Waals surface area contributed by atoms with Crippen molar-refractivity contribution >= 4 is 34.2 Å². The van der Waals surface area contributed by atoms with Crippen molar-refractivity contribution in [1.82, 2.24) is 9.80 Å².